The van der Waals surface area contributed by atoms with Gasteiger partial charge in [0.05, 0.1) is 17.4 Å². The van der Waals surface area contributed by atoms with Gasteiger partial charge < -0.3 is 0 Å². The van der Waals surface area contributed by atoms with E-state index in [1.807, 2.05) is 30.3 Å². The van der Waals surface area contributed by atoms with Gasteiger partial charge in [-0.2, -0.15) is 5.10 Å². The molecule has 7 heteroatoms. The summed E-state index contributed by atoms with van der Waals surface area (Å²) in [6.45, 7) is 4.25. The molecule has 6 nitrogen and oxygen atoms in total. The monoisotopic (exact) mass is 327 g/mol. The zero-order chi connectivity index (χ0) is 16.2. The molecule has 0 radical (unpaired) electrons. The molecule has 0 atom stereocenters. The lowest BCUT2D eigenvalue weighted by Gasteiger charge is -1.99. The van der Waals surface area contributed by atoms with E-state index in [9.17, 15) is 4.79 Å². The van der Waals surface area contributed by atoms with Crippen molar-refractivity contribution in [3.05, 3.63) is 53.3 Å². The highest BCUT2D eigenvalue weighted by Crippen LogP contribution is 2.19. The normalized spacial score (nSPS) is 10.9. The molecule has 0 aliphatic rings. The maximum atomic E-state index is 12.3. The molecule has 0 unspecified atom stereocenters. The predicted octanol–water partition coefficient (Wildman–Crippen LogP) is 3.17. The molecule has 0 aliphatic carbocycles. The number of carbonyl (C=O) groups excluding carboxylic acids is 1. The Balaban J connectivity index is 1.69. The zero-order valence-electron chi connectivity index (χ0n) is 12.9. The molecule has 3 rings (SSSR count). The molecule has 0 fully saturated rings. The van der Waals surface area contributed by atoms with Gasteiger partial charge in [0.15, 0.2) is 0 Å². The van der Waals surface area contributed by atoms with Gasteiger partial charge in [0, 0.05) is 12.6 Å². The molecule has 1 aromatic carbocycles. The fraction of sp³-hybridized carbons (Fsp3) is 0.250. The first kappa shape index (κ1) is 15.4. The Labute approximate surface area is 138 Å². The highest BCUT2D eigenvalue weighted by molar-refractivity contribution is 7.15. The number of hydrogen-bond acceptors (Lipinski definition) is 5. The van der Waals surface area contributed by atoms with Crippen LogP contribution in [-0.2, 0) is 6.42 Å². The van der Waals surface area contributed by atoms with E-state index in [0.717, 1.165) is 17.1 Å². The van der Waals surface area contributed by atoms with Crippen LogP contribution < -0.4 is 5.32 Å². The van der Waals surface area contributed by atoms with E-state index < -0.39 is 0 Å². The average molecular weight is 327 g/mol. The topological polar surface area (TPSA) is 72.7 Å². The number of anilines is 1. The lowest BCUT2D eigenvalue weighted by atomic mass is 10.1. The van der Waals surface area contributed by atoms with Crippen molar-refractivity contribution >= 4 is 22.4 Å². The molecule has 2 aromatic heterocycles. The third-order valence-electron chi connectivity index (χ3n) is 3.14. The summed E-state index contributed by atoms with van der Waals surface area (Å²) in [5.41, 5.74) is 1.39. The van der Waals surface area contributed by atoms with Gasteiger partial charge in [-0.1, -0.05) is 43.4 Å². The van der Waals surface area contributed by atoms with Crippen molar-refractivity contribution in [1.82, 2.24) is 20.0 Å². The van der Waals surface area contributed by atoms with Crippen molar-refractivity contribution in [3.63, 3.8) is 0 Å². The minimum Gasteiger partial charge on any atom is -0.296 e. The van der Waals surface area contributed by atoms with Gasteiger partial charge in [-0.15, -0.1) is 10.2 Å². The van der Waals surface area contributed by atoms with E-state index in [-0.39, 0.29) is 5.91 Å². The highest BCUT2D eigenvalue weighted by Gasteiger charge is 2.13. The SMILES string of the molecule is CC(C)Cc1nnc(NC(=O)c2cnn(-c3ccccc3)c2)s1. The molecule has 3 aromatic rings. The minimum atomic E-state index is -0.237. The second-order valence-corrected chi connectivity index (χ2v) is 6.62. The van der Waals surface area contributed by atoms with Crippen LogP contribution in [0.1, 0.15) is 29.2 Å². The van der Waals surface area contributed by atoms with Crippen LogP contribution in [0.5, 0.6) is 0 Å². The summed E-state index contributed by atoms with van der Waals surface area (Å²) in [7, 11) is 0. The maximum absolute atomic E-state index is 12.3. The summed E-state index contributed by atoms with van der Waals surface area (Å²) in [6.07, 6.45) is 4.10. The lowest BCUT2D eigenvalue weighted by molar-refractivity contribution is 0.102. The first-order chi connectivity index (χ1) is 11.1. The van der Waals surface area contributed by atoms with Crippen molar-refractivity contribution in [2.45, 2.75) is 20.3 Å². The van der Waals surface area contributed by atoms with E-state index in [0.29, 0.717) is 16.6 Å². The fourth-order valence-corrected chi connectivity index (χ4v) is 3.01. The van der Waals surface area contributed by atoms with Crippen LogP contribution in [0, 0.1) is 5.92 Å². The molecule has 23 heavy (non-hydrogen) atoms. The van der Waals surface area contributed by atoms with Crippen LogP contribution in [0.25, 0.3) is 5.69 Å². The van der Waals surface area contributed by atoms with Gasteiger partial charge in [0.1, 0.15) is 5.01 Å². The van der Waals surface area contributed by atoms with Gasteiger partial charge in [0.25, 0.3) is 5.91 Å². The van der Waals surface area contributed by atoms with Crippen LogP contribution in [0.2, 0.25) is 0 Å². The van der Waals surface area contributed by atoms with Gasteiger partial charge in [0.2, 0.25) is 5.13 Å². The second kappa shape index (κ2) is 6.70. The number of carbonyl (C=O) groups is 1. The van der Waals surface area contributed by atoms with Crippen molar-refractivity contribution in [2.24, 2.45) is 5.92 Å². The summed E-state index contributed by atoms with van der Waals surface area (Å²) < 4.78 is 1.67. The van der Waals surface area contributed by atoms with Crippen LogP contribution in [0.3, 0.4) is 0 Å². The van der Waals surface area contributed by atoms with Crippen molar-refractivity contribution in [3.8, 4) is 5.69 Å². The first-order valence-corrected chi connectivity index (χ1v) is 8.17. The Morgan fingerprint density at radius 1 is 1.26 bits per heavy atom. The Bertz CT molecular complexity index is 794. The third kappa shape index (κ3) is 3.81. The summed E-state index contributed by atoms with van der Waals surface area (Å²) in [6, 6.07) is 9.64. The number of rotatable bonds is 5. The lowest BCUT2D eigenvalue weighted by Crippen LogP contribution is -2.10. The van der Waals surface area contributed by atoms with Gasteiger partial charge in [-0.3, -0.25) is 10.1 Å². The number of para-hydroxylation sites is 1. The van der Waals surface area contributed by atoms with Crippen LogP contribution in [0.4, 0.5) is 5.13 Å². The molecule has 0 saturated carbocycles. The Kier molecular flexibility index (Phi) is 4.47. The largest absolute Gasteiger partial charge is 0.296 e. The maximum Gasteiger partial charge on any atom is 0.260 e. The van der Waals surface area contributed by atoms with E-state index in [1.54, 1.807) is 17.1 Å². The molecule has 2 heterocycles. The number of benzene rings is 1. The van der Waals surface area contributed by atoms with Crippen molar-refractivity contribution in [2.75, 3.05) is 5.32 Å². The smallest absolute Gasteiger partial charge is 0.260 e. The Morgan fingerprint density at radius 3 is 2.78 bits per heavy atom. The van der Waals surface area contributed by atoms with Crippen LogP contribution >= 0.6 is 11.3 Å². The average Bonchev–Trinajstić information content (AvgIpc) is 3.17. The quantitative estimate of drug-likeness (QED) is 0.781. The Morgan fingerprint density at radius 2 is 2.04 bits per heavy atom. The summed E-state index contributed by atoms with van der Waals surface area (Å²) in [5, 5.41) is 16.5. The van der Waals surface area contributed by atoms with Gasteiger partial charge >= 0.3 is 0 Å². The molecule has 1 N–H and O–H groups in total. The van der Waals surface area contributed by atoms with E-state index >= 15 is 0 Å². The molecule has 1 amide bonds. The van der Waals surface area contributed by atoms with Crippen molar-refractivity contribution < 1.29 is 4.79 Å². The number of hydrogen-bond donors (Lipinski definition) is 1. The minimum absolute atomic E-state index is 0.237. The summed E-state index contributed by atoms with van der Waals surface area (Å²) in [5.74, 6) is 0.273. The van der Waals surface area contributed by atoms with E-state index in [1.165, 1.54) is 11.3 Å². The molecule has 0 saturated heterocycles. The second-order valence-electron chi connectivity index (χ2n) is 5.56. The third-order valence-corrected chi connectivity index (χ3v) is 4.00. The number of amides is 1. The van der Waals surface area contributed by atoms with Gasteiger partial charge in [-0.05, 0) is 18.1 Å². The molecule has 0 spiro atoms. The summed E-state index contributed by atoms with van der Waals surface area (Å²) in [4.78, 5) is 12.3. The van der Waals surface area contributed by atoms with Crippen molar-refractivity contribution in [1.29, 1.82) is 0 Å². The predicted molar refractivity (Wildman–Crippen MR) is 90.0 cm³/mol. The molecule has 118 valence electrons. The first-order valence-electron chi connectivity index (χ1n) is 7.35. The van der Waals surface area contributed by atoms with Crippen LogP contribution in [-0.4, -0.2) is 25.9 Å². The van der Waals surface area contributed by atoms with Gasteiger partial charge in [-0.25, -0.2) is 4.68 Å². The number of aromatic nitrogens is 4. The van der Waals surface area contributed by atoms with E-state index in [4.69, 9.17) is 0 Å². The standard InChI is InChI=1S/C16H17N5OS/c1-11(2)8-14-19-20-16(23-14)18-15(22)12-9-17-21(10-12)13-6-4-3-5-7-13/h3-7,9-11H,8H2,1-2H3,(H,18,20,22). The molecule has 0 bridgehead atoms. The zero-order valence-corrected chi connectivity index (χ0v) is 13.7. The number of nitrogens with one attached hydrogen (secondary N) is 1. The van der Waals surface area contributed by atoms with E-state index in [2.05, 4.69) is 34.5 Å². The molecular weight excluding hydrogens is 310 g/mol. The number of nitrogens with zero attached hydrogens (tertiary/aromatic N) is 4. The summed E-state index contributed by atoms with van der Waals surface area (Å²) >= 11 is 1.41. The fourth-order valence-electron chi connectivity index (χ4n) is 2.07. The molecule has 0 aliphatic heterocycles. The highest BCUT2D eigenvalue weighted by atomic mass is 32.1. The Hall–Kier alpha value is -2.54. The molecular formula is C16H17N5OS. The van der Waals surface area contributed by atoms with Crippen LogP contribution in [0.15, 0.2) is 42.7 Å².